The van der Waals surface area contributed by atoms with Crippen molar-refractivity contribution in [2.75, 3.05) is 11.6 Å². The monoisotopic (exact) mass is 307 g/mol. The van der Waals surface area contributed by atoms with E-state index in [0.29, 0.717) is 5.69 Å². The van der Waals surface area contributed by atoms with Gasteiger partial charge in [0.15, 0.2) is 9.84 Å². The number of anilines is 1. The molecule has 21 heavy (non-hydrogen) atoms. The molecule has 110 valence electrons. The number of carbonyl (C=O) groups excluding carboxylic acids is 1. The SMILES string of the molecule is Cn1nc(C(=O)Nc2ccc(S(C)(=O)=O)cc2)ccc1=O. The first-order chi connectivity index (χ1) is 9.77. The molecule has 0 saturated carbocycles. The van der Waals surface area contributed by atoms with E-state index in [-0.39, 0.29) is 16.1 Å². The third-order valence-electron chi connectivity index (χ3n) is 2.73. The zero-order chi connectivity index (χ0) is 15.6. The van der Waals surface area contributed by atoms with Crippen LogP contribution in [0.1, 0.15) is 10.5 Å². The van der Waals surface area contributed by atoms with Gasteiger partial charge in [-0.1, -0.05) is 0 Å². The predicted molar refractivity (Wildman–Crippen MR) is 77.0 cm³/mol. The molecule has 0 bridgehead atoms. The molecular weight excluding hydrogens is 294 g/mol. The van der Waals surface area contributed by atoms with E-state index in [1.807, 2.05) is 0 Å². The topological polar surface area (TPSA) is 98.1 Å². The molecule has 0 aliphatic carbocycles. The van der Waals surface area contributed by atoms with Gasteiger partial charge in [0.1, 0.15) is 5.69 Å². The van der Waals surface area contributed by atoms with Crippen molar-refractivity contribution in [1.29, 1.82) is 0 Å². The molecule has 0 fully saturated rings. The van der Waals surface area contributed by atoms with Gasteiger partial charge in [-0.15, -0.1) is 0 Å². The first kappa shape index (κ1) is 14.9. The van der Waals surface area contributed by atoms with Crippen molar-refractivity contribution in [3.8, 4) is 0 Å². The second-order valence-electron chi connectivity index (χ2n) is 4.43. The largest absolute Gasteiger partial charge is 0.321 e. The standard InChI is InChI=1S/C13H13N3O4S/c1-16-12(17)8-7-11(15-16)13(18)14-9-3-5-10(6-4-9)21(2,19)20/h3-8H,1-2H3,(H,14,18). The van der Waals surface area contributed by atoms with E-state index in [1.165, 1.54) is 43.4 Å². The fraction of sp³-hybridized carbons (Fsp3) is 0.154. The Balaban J connectivity index is 2.19. The lowest BCUT2D eigenvalue weighted by atomic mass is 10.3. The molecular formula is C13H13N3O4S. The number of nitrogens with zero attached hydrogens (tertiary/aromatic N) is 2. The second-order valence-corrected chi connectivity index (χ2v) is 6.45. The van der Waals surface area contributed by atoms with Crippen molar-refractivity contribution in [1.82, 2.24) is 9.78 Å². The van der Waals surface area contributed by atoms with Crippen molar-refractivity contribution in [2.45, 2.75) is 4.90 Å². The molecule has 0 spiro atoms. The summed E-state index contributed by atoms with van der Waals surface area (Å²) in [5.74, 6) is -0.488. The quantitative estimate of drug-likeness (QED) is 0.887. The maximum Gasteiger partial charge on any atom is 0.276 e. The van der Waals surface area contributed by atoms with Gasteiger partial charge in [-0.25, -0.2) is 13.1 Å². The summed E-state index contributed by atoms with van der Waals surface area (Å²) < 4.78 is 23.7. The van der Waals surface area contributed by atoms with Gasteiger partial charge in [-0.05, 0) is 30.3 Å². The summed E-state index contributed by atoms with van der Waals surface area (Å²) in [5, 5.41) is 6.39. The molecule has 0 aliphatic heterocycles. The summed E-state index contributed by atoms with van der Waals surface area (Å²) in [6, 6.07) is 8.34. The minimum absolute atomic E-state index is 0.0873. The third-order valence-corrected chi connectivity index (χ3v) is 3.86. The Labute approximate surface area is 121 Å². The summed E-state index contributed by atoms with van der Waals surface area (Å²) in [7, 11) is -1.83. The van der Waals surface area contributed by atoms with Crippen LogP contribution in [0, 0.1) is 0 Å². The molecule has 1 amide bonds. The van der Waals surface area contributed by atoms with Crippen LogP contribution < -0.4 is 10.9 Å². The van der Waals surface area contributed by atoms with Gasteiger partial charge in [-0.3, -0.25) is 9.59 Å². The summed E-state index contributed by atoms with van der Waals surface area (Å²) in [5.41, 5.74) is 0.205. The number of nitrogens with one attached hydrogen (secondary N) is 1. The van der Waals surface area contributed by atoms with Crippen LogP contribution in [0.15, 0.2) is 46.1 Å². The average molecular weight is 307 g/mol. The van der Waals surface area contributed by atoms with E-state index in [0.717, 1.165) is 10.9 Å². The van der Waals surface area contributed by atoms with Crippen LogP contribution in [0.5, 0.6) is 0 Å². The Bertz CT molecular complexity index is 838. The number of aryl methyl sites for hydroxylation is 1. The third kappa shape index (κ3) is 3.54. The maximum atomic E-state index is 12.0. The molecule has 8 heteroatoms. The molecule has 0 saturated heterocycles. The van der Waals surface area contributed by atoms with Gasteiger partial charge >= 0.3 is 0 Å². The second kappa shape index (κ2) is 5.49. The summed E-state index contributed by atoms with van der Waals surface area (Å²) >= 11 is 0. The van der Waals surface area contributed by atoms with Crippen LogP contribution in [0.4, 0.5) is 5.69 Å². The van der Waals surface area contributed by atoms with Crippen molar-refractivity contribution in [3.05, 3.63) is 52.4 Å². The Morgan fingerprint density at radius 2 is 1.76 bits per heavy atom. The molecule has 2 rings (SSSR count). The van der Waals surface area contributed by atoms with Crippen LogP contribution in [-0.4, -0.2) is 30.4 Å². The lowest BCUT2D eigenvalue weighted by Gasteiger charge is -2.06. The number of sulfone groups is 1. The van der Waals surface area contributed by atoms with Crippen LogP contribution in [0.3, 0.4) is 0 Å². The number of aromatic nitrogens is 2. The van der Waals surface area contributed by atoms with E-state index in [1.54, 1.807) is 0 Å². The Kier molecular flexibility index (Phi) is 3.90. The van der Waals surface area contributed by atoms with E-state index in [4.69, 9.17) is 0 Å². The van der Waals surface area contributed by atoms with Crippen LogP contribution >= 0.6 is 0 Å². The van der Waals surface area contributed by atoms with Gasteiger partial charge in [0, 0.05) is 25.1 Å². The number of rotatable bonds is 3. The van der Waals surface area contributed by atoms with Crippen molar-refractivity contribution < 1.29 is 13.2 Å². The molecule has 0 atom stereocenters. The molecule has 7 nitrogen and oxygen atoms in total. The van der Waals surface area contributed by atoms with Crippen molar-refractivity contribution in [2.24, 2.45) is 7.05 Å². The number of hydrogen-bond acceptors (Lipinski definition) is 5. The minimum Gasteiger partial charge on any atom is -0.321 e. The minimum atomic E-state index is -3.27. The molecule has 0 unspecified atom stereocenters. The first-order valence-corrected chi connectivity index (χ1v) is 7.82. The predicted octanol–water partition coefficient (Wildman–Crippen LogP) is 0.436. The lowest BCUT2D eigenvalue weighted by Crippen LogP contribution is -2.23. The fourth-order valence-electron chi connectivity index (χ4n) is 1.60. The first-order valence-electron chi connectivity index (χ1n) is 5.93. The molecule has 0 aliphatic rings. The van der Waals surface area contributed by atoms with Gasteiger partial charge in [-0.2, -0.15) is 5.10 Å². The Hall–Kier alpha value is -2.48. The zero-order valence-corrected chi connectivity index (χ0v) is 12.2. The highest BCUT2D eigenvalue weighted by atomic mass is 32.2. The highest BCUT2D eigenvalue weighted by molar-refractivity contribution is 7.90. The maximum absolute atomic E-state index is 12.0. The number of hydrogen-bond donors (Lipinski definition) is 1. The molecule has 1 aromatic carbocycles. The smallest absolute Gasteiger partial charge is 0.276 e. The lowest BCUT2D eigenvalue weighted by molar-refractivity contribution is 0.102. The molecule has 0 radical (unpaired) electrons. The molecule has 1 aromatic heterocycles. The highest BCUT2D eigenvalue weighted by Crippen LogP contribution is 2.14. The molecule has 1 N–H and O–H groups in total. The van der Waals surface area contributed by atoms with E-state index >= 15 is 0 Å². The van der Waals surface area contributed by atoms with Crippen LogP contribution in [0.25, 0.3) is 0 Å². The number of benzene rings is 1. The summed E-state index contributed by atoms with van der Waals surface area (Å²) in [6.45, 7) is 0. The summed E-state index contributed by atoms with van der Waals surface area (Å²) in [4.78, 5) is 23.3. The average Bonchev–Trinajstić information content (AvgIpc) is 2.41. The van der Waals surface area contributed by atoms with Gasteiger partial charge in [0.2, 0.25) is 0 Å². The van der Waals surface area contributed by atoms with Gasteiger partial charge in [0.25, 0.3) is 11.5 Å². The Morgan fingerprint density at radius 3 is 2.29 bits per heavy atom. The fourth-order valence-corrected chi connectivity index (χ4v) is 2.23. The molecule has 2 aromatic rings. The normalized spacial score (nSPS) is 11.1. The van der Waals surface area contributed by atoms with Crippen molar-refractivity contribution >= 4 is 21.4 Å². The van der Waals surface area contributed by atoms with E-state index in [9.17, 15) is 18.0 Å². The number of carbonyl (C=O) groups is 1. The zero-order valence-electron chi connectivity index (χ0n) is 11.4. The van der Waals surface area contributed by atoms with Gasteiger partial charge in [0.05, 0.1) is 4.90 Å². The Morgan fingerprint density at radius 1 is 1.14 bits per heavy atom. The van der Waals surface area contributed by atoms with Gasteiger partial charge < -0.3 is 5.32 Å². The van der Waals surface area contributed by atoms with Crippen LogP contribution in [-0.2, 0) is 16.9 Å². The van der Waals surface area contributed by atoms with E-state index in [2.05, 4.69) is 10.4 Å². The van der Waals surface area contributed by atoms with Crippen LogP contribution in [0.2, 0.25) is 0 Å². The van der Waals surface area contributed by atoms with E-state index < -0.39 is 15.7 Å². The highest BCUT2D eigenvalue weighted by Gasteiger charge is 2.10. The number of amides is 1. The summed E-state index contributed by atoms with van der Waals surface area (Å²) in [6.07, 6.45) is 1.11. The van der Waals surface area contributed by atoms with Crippen molar-refractivity contribution in [3.63, 3.8) is 0 Å². The molecule has 1 heterocycles.